The summed E-state index contributed by atoms with van der Waals surface area (Å²) in [6.07, 6.45) is 2.34. The Kier molecular flexibility index (Phi) is 13.0. The summed E-state index contributed by atoms with van der Waals surface area (Å²) in [5.74, 6) is 1.08. The maximum absolute atomic E-state index is 5.42. The van der Waals surface area contributed by atoms with E-state index in [1.54, 1.807) is 0 Å². The van der Waals surface area contributed by atoms with E-state index in [0.29, 0.717) is 0 Å². The molecule has 0 bridgehead atoms. The Labute approximate surface area is 300 Å². The monoisotopic (exact) mass is 836 g/mol. The van der Waals surface area contributed by atoms with E-state index >= 15 is 0 Å². The molecule has 1 aliphatic heterocycles. The topological polar surface area (TPSA) is 9.23 Å². The number of hydrogen-bond acceptors (Lipinski definition) is 1. The van der Waals surface area contributed by atoms with Gasteiger partial charge in [0.05, 0.1) is 6.61 Å². The molecule has 0 aliphatic carbocycles. The van der Waals surface area contributed by atoms with Crippen molar-refractivity contribution in [2.24, 2.45) is 0 Å². The molecule has 1 nitrogen and oxygen atoms in total. The minimum Gasteiger partial charge on any atom is -0.493 e. The molecule has 2 radical (unpaired) electrons. The van der Waals surface area contributed by atoms with Gasteiger partial charge in [-0.15, -0.1) is 0 Å². The first-order valence-electron chi connectivity index (χ1n) is 16.6. The van der Waals surface area contributed by atoms with E-state index in [0.717, 1.165) is 18.8 Å². The van der Waals surface area contributed by atoms with Crippen LogP contribution in [0.15, 0.2) is 206 Å². The molecule has 48 heavy (non-hydrogen) atoms. The number of benzene rings is 7. The summed E-state index contributed by atoms with van der Waals surface area (Å²) in [5.41, 5.74) is 1.36. The Bertz CT molecular complexity index is 1570. The summed E-state index contributed by atoms with van der Waals surface area (Å²) < 4.78 is 14.6. The molecule has 7 aromatic rings. The number of para-hydroxylation sites is 1. The van der Waals surface area contributed by atoms with E-state index in [4.69, 9.17) is 4.74 Å². The summed E-state index contributed by atoms with van der Waals surface area (Å²) in [5, 5.41) is 0. The summed E-state index contributed by atoms with van der Waals surface area (Å²) in [6, 6.07) is 74.1. The number of aryl methyl sites for hydroxylation is 1. The summed E-state index contributed by atoms with van der Waals surface area (Å²) >= 11 is -3.96. The van der Waals surface area contributed by atoms with Gasteiger partial charge in [0.1, 0.15) is 5.75 Å². The average molecular weight is 834 g/mol. The van der Waals surface area contributed by atoms with Gasteiger partial charge in [-0.3, -0.25) is 0 Å². The van der Waals surface area contributed by atoms with Gasteiger partial charge in [-0.2, -0.15) is 0 Å². The fraction of sp³-hybridized carbons (Fsp3) is 0.0667. The van der Waals surface area contributed by atoms with Crippen molar-refractivity contribution in [3.8, 4) is 5.75 Å². The second-order valence-electron chi connectivity index (χ2n) is 11.5. The molecule has 0 saturated carbocycles. The van der Waals surface area contributed by atoms with Gasteiger partial charge in [0, 0.05) is 0 Å². The zero-order chi connectivity index (χ0) is 32.6. The van der Waals surface area contributed by atoms with Crippen molar-refractivity contribution in [1.82, 2.24) is 0 Å². The van der Waals surface area contributed by atoms with Crippen LogP contribution in [-0.4, -0.2) is 46.1 Å². The Hall–Kier alpha value is -4.06. The first-order valence-corrected chi connectivity index (χ1v) is 25.2. The van der Waals surface area contributed by atoms with Crippen molar-refractivity contribution < 1.29 is 4.74 Å². The molecule has 7 aromatic carbocycles. The van der Waals surface area contributed by atoms with Gasteiger partial charge in [-0.25, -0.2) is 0 Å². The van der Waals surface area contributed by atoms with E-state index in [9.17, 15) is 0 Å². The SMILES string of the molecule is c1cc[c]([Sn]([c]2ccccc2)[c]2ccccc2)cc1.c1cc[c]([Sn]([c]2ccccc2)[c]2ccccc2)cc1.c1ccc2c(c1)CCCO2. The number of hydrogen-bond donors (Lipinski definition) is 0. The van der Waals surface area contributed by atoms with E-state index in [1.165, 1.54) is 33.5 Å². The van der Waals surface area contributed by atoms with Crippen LogP contribution >= 0.6 is 0 Å². The molecule has 1 aliphatic rings. The molecule has 0 atom stereocenters. The maximum Gasteiger partial charge on any atom is 0.122 e. The average Bonchev–Trinajstić information content (AvgIpc) is 3.18. The summed E-state index contributed by atoms with van der Waals surface area (Å²) in [6.45, 7) is 0.886. The van der Waals surface area contributed by atoms with E-state index < -0.39 is 39.5 Å². The predicted octanol–water partition coefficient (Wildman–Crippen LogP) is 6.42. The fourth-order valence-electron chi connectivity index (χ4n) is 5.92. The van der Waals surface area contributed by atoms with Crippen LogP contribution in [-0.2, 0) is 6.42 Å². The Morgan fingerprint density at radius 1 is 0.312 bits per heavy atom. The standard InChI is InChI=1S/C9H10O.6C6H5.2Sn/c1-2-6-9-8(4-1)5-3-7-10-9;6*1-2-4-6-5-3-1;;/h1-2,4,6H,3,5,7H2;6*1-5H;;. The summed E-state index contributed by atoms with van der Waals surface area (Å²) in [7, 11) is 0. The smallest absolute Gasteiger partial charge is 0.122 e. The minimum atomic E-state index is -1.98. The maximum atomic E-state index is 5.42. The van der Waals surface area contributed by atoms with Crippen molar-refractivity contribution in [3.05, 3.63) is 212 Å². The first-order chi connectivity index (χ1) is 23.9. The third kappa shape index (κ3) is 9.52. The van der Waals surface area contributed by atoms with Crippen LogP contribution in [0.25, 0.3) is 0 Å². The third-order valence-corrected chi connectivity index (χ3v) is 23.8. The number of ether oxygens (including phenoxy) is 1. The Morgan fingerprint density at radius 3 is 0.875 bits per heavy atom. The largest absolute Gasteiger partial charge is 0.493 e. The molecular formula is C45H40OSn2. The van der Waals surface area contributed by atoms with Gasteiger partial charge in [-0.1, -0.05) is 18.2 Å². The second kappa shape index (κ2) is 18.5. The van der Waals surface area contributed by atoms with Crippen LogP contribution in [0.3, 0.4) is 0 Å². The van der Waals surface area contributed by atoms with Crippen LogP contribution in [0.5, 0.6) is 5.75 Å². The zero-order valence-corrected chi connectivity index (χ0v) is 32.9. The second-order valence-corrected chi connectivity index (χ2v) is 25.7. The van der Waals surface area contributed by atoms with Crippen LogP contribution in [0.1, 0.15) is 12.0 Å². The van der Waals surface area contributed by atoms with Gasteiger partial charge in [0.25, 0.3) is 0 Å². The molecule has 0 fully saturated rings. The van der Waals surface area contributed by atoms with Gasteiger partial charge in [0.2, 0.25) is 0 Å². The van der Waals surface area contributed by atoms with E-state index in [2.05, 4.69) is 194 Å². The molecule has 0 spiro atoms. The van der Waals surface area contributed by atoms with Gasteiger partial charge >= 0.3 is 243 Å². The molecule has 3 heteroatoms. The first kappa shape index (κ1) is 33.8. The number of rotatable bonds is 6. The number of fused-ring (bicyclic) bond motifs is 1. The van der Waals surface area contributed by atoms with Crippen LogP contribution in [0, 0.1) is 0 Å². The molecule has 1 heterocycles. The molecule has 0 unspecified atom stereocenters. The van der Waals surface area contributed by atoms with Crippen molar-refractivity contribution in [2.45, 2.75) is 12.8 Å². The van der Waals surface area contributed by atoms with Crippen molar-refractivity contribution in [1.29, 1.82) is 0 Å². The normalized spacial score (nSPS) is 11.6. The Balaban J connectivity index is 0.000000132. The fourth-order valence-corrected chi connectivity index (χ4v) is 20.6. The zero-order valence-electron chi connectivity index (χ0n) is 27.2. The van der Waals surface area contributed by atoms with Crippen LogP contribution in [0.2, 0.25) is 0 Å². The van der Waals surface area contributed by atoms with Gasteiger partial charge in [0.15, 0.2) is 0 Å². The molecule has 8 rings (SSSR count). The quantitative estimate of drug-likeness (QED) is 0.176. The molecule has 0 aromatic heterocycles. The molecule has 234 valence electrons. The van der Waals surface area contributed by atoms with Crippen molar-refractivity contribution in [3.63, 3.8) is 0 Å². The van der Waals surface area contributed by atoms with Gasteiger partial charge in [-0.05, 0) is 24.5 Å². The third-order valence-electron chi connectivity index (χ3n) is 8.20. The van der Waals surface area contributed by atoms with Gasteiger partial charge < -0.3 is 4.74 Å². The predicted molar refractivity (Wildman–Crippen MR) is 208 cm³/mol. The van der Waals surface area contributed by atoms with Crippen molar-refractivity contribution >= 4 is 61.0 Å². The molecule has 0 N–H and O–H groups in total. The Morgan fingerprint density at radius 2 is 0.583 bits per heavy atom. The minimum absolute atomic E-state index is 0.886. The van der Waals surface area contributed by atoms with Crippen LogP contribution in [0.4, 0.5) is 0 Å². The van der Waals surface area contributed by atoms with E-state index in [1.807, 2.05) is 12.1 Å². The summed E-state index contributed by atoms with van der Waals surface area (Å²) in [4.78, 5) is 0. The molecule has 0 saturated heterocycles. The van der Waals surface area contributed by atoms with E-state index in [-0.39, 0.29) is 0 Å². The van der Waals surface area contributed by atoms with Crippen LogP contribution < -0.4 is 26.2 Å². The van der Waals surface area contributed by atoms with Crippen molar-refractivity contribution in [2.75, 3.05) is 6.61 Å². The molecular weight excluding hydrogens is 794 g/mol. The molecule has 0 amide bonds.